The first-order valence-corrected chi connectivity index (χ1v) is 9.45. The lowest BCUT2D eigenvalue weighted by molar-refractivity contribution is -0.127. The maximum atomic E-state index is 12.6. The van der Waals surface area contributed by atoms with E-state index in [1.54, 1.807) is 37.5 Å². The minimum absolute atomic E-state index is 0.286. The van der Waals surface area contributed by atoms with Crippen LogP contribution in [0.2, 0.25) is 0 Å². The standard InChI is InChI=1S/C21H20N2O4S/c1-13-8-14(2)10-16(9-13)22-19(24)12-23-20(25)18(28-21(23)26)11-15-4-6-17(27-3)7-5-15/h4-11H,12H2,1-3H3,(H,22,24)/b18-11+. The number of nitrogens with one attached hydrogen (secondary N) is 1. The second-order valence-corrected chi connectivity index (χ2v) is 7.46. The van der Waals surface area contributed by atoms with Crippen LogP contribution >= 0.6 is 11.8 Å². The molecule has 0 radical (unpaired) electrons. The summed E-state index contributed by atoms with van der Waals surface area (Å²) in [6, 6.07) is 12.8. The number of methoxy groups -OCH3 is 1. The normalized spacial score (nSPS) is 15.2. The van der Waals surface area contributed by atoms with Crippen LogP contribution in [0.1, 0.15) is 16.7 Å². The quantitative estimate of drug-likeness (QED) is 0.774. The van der Waals surface area contributed by atoms with E-state index in [0.29, 0.717) is 11.4 Å². The van der Waals surface area contributed by atoms with Crippen LogP contribution in [0.5, 0.6) is 5.75 Å². The van der Waals surface area contributed by atoms with E-state index in [1.807, 2.05) is 32.0 Å². The topological polar surface area (TPSA) is 75.7 Å². The molecule has 3 amide bonds. The Morgan fingerprint density at radius 2 is 1.75 bits per heavy atom. The highest BCUT2D eigenvalue weighted by Crippen LogP contribution is 2.32. The van der Waals surface area contributed by atoms with Gasteiger partial charge in [-0.3, -0.25) is 19.3 Å². The molecular formula is C21H20N2O4S. The first kappa shape index (κ1) is 19.7. The molecule has 0 saturated carbocycles. The highest BCUT2D eigenvalue weighted by molar-refractivity contribution is 8.18. The molecule has 1 aliphatic heterocycles. The molecule has 144 valence electrons. The fraction of sp³-hybridized carbons (Fsp3) is 0.190. The maximum Gasteiger partial charge on any atom is 0.294 e. The molecular weight excluding hydrogens is 376 g/mol. The van der Waals surface area contributed by atoms with Gasteiger partial charge in [-0.05, 0) is 72.6 Å². The van der Waals surface area contributed by atoms with Gasteiger partial charge in [0.1, 0.15) is 12.3 Å². The van der Waals surface area contributed by atoms with Gasteiger partial charge in [-0.15, -0.1) is 0 Å². The molecule has 0 spiro atoms. The van der Waals surface area contributed by atoms with Crippen molar-refractivity contribution in [2.24, 2.45) is 0 Å². The lowest BCUT2D eigenvalue weighted by Gasteiger charge is -2.13. The molecule has 28 heavy (non-hydrogen) atoms. The van der Waals surface area contributed by atoms with Crippen molar-refractivity contribution in [3.63, 3.8) is 0 Å². The molecule has 6 nitrogen and oxygen atoms in total. The van der Waals surface area contributed by atoms with Gasteiger partial charge in [0.15, 0.2) is 0 Å². The number of nitrogens with zero attached hydrogens (tertiary/aromatic N) is 1. The highest BCUT2D eigenvalue weighted by Gasteiger charge is 2.36. The second kappa shape index (κ2) is 8.31. The summed E-state index contributed by atoms with van der Waals surface area (Å²) < 4.78 is 5.10. The number of hydrogen-bond acceptors (Lipinski definition) is 5. The highest BCUT2D eigenvalue weighted by atomic mass is 32.2. The summed E-state index contributed by atoms with van der Waals surface area (Å²) in [5.41, 5.74) is 3.45. The van der Waals surface area contributed by atoms with Gasteiger partial charge in [-0.1, -0.05) is 18.2 Å². The summed E-state index contributed by atoms with van der Waals surface area (Å²) in [6.45, 7) is 3.55. The number of thioether (sulfide) groups is 1. The van der Waals surface area contributed by atoms with E-state index in [1.165, 1.54) is 0 Å². The molecule has 1 N–H and O–H groups in total. The van der Waals surface area contributed by atoms with Crippen molar-refractivity contribution in [2.75, 3.05) is 19.0 Å². The molecule has 0 aromatic heterocycles. The van der Waals surface area contributed by atoms with Crippen LogP contribution in [0.3, 0.4) is 0 Å². The van der Waals surface area contributed by atoms with Crippen molar-refractivity contribution in [3.05, 3.63) is 64.1 Å². The predicted molar refractivity (Wildman–Crippen MR) is 110 cm³/mol. The number of aryl methyl sites for hydroxylation is 2. The summed E-state index contributed by atoms with van der Waals surface area (Å²) in [5.74, 6) is -0.187. The van der Waals surface area contributed by atoms with Gasteiger partial charge in [0, 0.05) is 5.69 Å². The van der Waals surface area contributed by atoms with Crippen molar-refractivity contribution in [1.82, 2.24) is 4.90 Å². The van der Waals surface area contributed by atoms with Crippen LogP contribution in [-0.2, 0) is 9.59 Å². The van der Waals surface area contributed by atoms with Gasteiger partial charge in [-0.2, -0.15) is 0 Å². The number of hydrogen-bond donors (Lipinski definition) is 1. The lowest BCUT2D eigenvalue weighted by Crippen LogP contribution is -2.36. The summed E-state index contributed by atoms with van der Waals surface area (Å²) in [6.07, 6.45) is 1.63. The van der Waals surface area contributed by atoms with E-state index >= 15 is 0 Å². The van der Waals surface area contributed by atoms with E-state index in [0.717, 1.165) is 33.4 Å². The maximum absolute atomic E-state index is 12.6. The summed E-state index contributed by atoms with van der Waals surface area (Å²) in [5, 5.41) is 2.28. The van der Waals surface area contributed by atoms with Crippen molar-refractivity contribution in [2.45, 2.75) is 13.8 Å². The number of amides is 3. The van der Waals surface area contributed by atoms with Crippen LogP contribution in [-0.4, -0.2) is 35.6 Å². The van der Waals surface area contributed by atoms with Gasteiger partial charge in [0.2, 0.25) is 5.91 Å². The molecule has 0 aliphatic carbocycles. The zero-order valence-electron chi connectivity index (χ0n) is 15.8. The second-order valence-electron chi connectivity index (χ2n) is 6.47. The molecule has 2 aromatic carbocycles. The number of rotatable bonds is 5. The van der Waals surface area contributed by atoms with Crippen LogP contribution in [0.4, 0.5) is 10.5 Å². The monoisotopic (exact) mass is 396 g/mol. The fourth-order valence-corrected chi connectivity index (χ4v) is 3.72. The Hall–Kier alpha value is -3.06. The van der Waals surface area contributed by atoms with Gasteiger partial charge in [-0.25, -0.2) is 0 Å². The molecule has 0 unspecified atom stereocenters. The van der Waals surface area contributed by atoms with Crippen LogP contribution < -0.4 is 10.1 Å². The third kappa shape index (κ3) is 4.61. The molecule has 7 heteroatoms. The van der Waals surface area contributed by atoms with Crippen LogP contribution in [0, 0.1) is 13.8 Å². The Morgan fingerprint density at radius 3 is 2.36 bits per heavy atom. The molecule has 0 bridgehead atoms. The number of carbonyl (C=O) groups is 3. The zero-order valence-corrected chi connectivity index (χ0v) is 16.6. The third-order valence-corrected chi connectivity index (χ3v) is 5.00. The Bertz CT molecular complexity index is 947. The van der Waals surface area contributed by atoms with Gasteiger partial charge in [0.25, 0.3) is 11.1 Å². The average Bonchev–Trinajstić information content (AvgIpc) is 2.89. The van der Waals surface area contributed by atoms with Crippen molar-refractivity contribution >= 4 is 40.6 Å². The largest absolute Gasteiger partial charge is 0.497 e. The zero-order chi connectivity index (χ0) is 20.3. The Labute approximate surface area is 167 Å². The Morgan fingerprint density at radius 1 is 1.11 bits per heavy atom. The third-order valence-electron chi connectivity index (χ3n) is 4.09. The molecule has 1 aliphatic rings. The van der Waals surface area contributed by atoms with E-state index in [4.69, 9.17) is 4.74 Å². The number of benzene rings is 2. The van der Waals surface area contributed by atoms with Crippen LogP contribution in [0.15, 0.2) is 47.4 Å². The Balaban J connectivity index is 1.69. The van der Waals surface area contributed by atoms with Crippen molar-refractivity contribution in [1.29, 1.82) is 0 Å². The average molecular weight is 396 g/mol. The first-order valence-electron chi connectivity index (χ1n) is 8.63. The van der Waals surface area contributed by atoms with Gasteiger partial charge >= 0.3 is 0 Å². The number of ether oxygens (including phenoxy) is 1. The number of imide groups is 1. The summed E-state index contributed by atoms with van der Waals surface area (Å²) >= 11 is 0.827. The van der Waals surface area contributed by atoms with E-state index in [2.05, 4.69) is 5.32 Å². The molecule has 0 atom stereocenters. The SMILES string of the molecule is COc1ccc(/C=C2/SC(=O)N(CC(=O)Nc3cc(C)cc(C)c3)C2=O)cc1. The van der Waals surface area contributed by atoms with E-state index in [-0.39, 0.29) is 11.4 Å². The predicted octanol–water partition coefficient (Wildman–Crippen LogP) is 3.99. The summed E-state index contributed by atoms with van der Waals surface area (Å²) in [7, 11) is 1.57. The smallest absolute Gasteiger partial charge is 0.294 e. The van der Waals surface area contributed by atoms with E-state index in [9.17, 15) is 14.4 Å². The molecule has 1 fully saturated rings. The van der Waals surface area contributed by atoms with Gasteiger partial charge in [0.05, 0.1) is 12.0 Å². The number of carbonyl (C=O) groups excluding carboxylic acids is 3. The molecule has 3 rings (SSSR count). The first-order chi connectivity index (χ1) is 13.4. The van der Waals surface area contributed by atoms with Gasteiger partial charge < -0.3 is 10.1 Å². The molecule has 2 aromatic rings. The molecule has 1 saturated heterocycles. The Kier molecular flexibility index (Phi) is 5.84. The van der Waals surface area contributed by atoms with Crippen molar-refractivity contribution < 1.29 is 19.1 Å². The lowest BCUT2D eigenvalue weighted by atomic mass is 10.1. The minimum atomic E-state index is -0.471. The van der Waals surface area contributed by atoms with Crippen molar-refractivity contribution in [3.8, 4) is 5.75 Å². The van der Waals surface area contributed by atoms with Crippen LogP contribution in [0.25, 0.3) is 6.08 Å². The van der Waals surface area contributed by atoms with E-state index < -0.39 is 17.1 Å². The summed E-state index contributed by atoms with van der Waals surface area (Å²) in [4.78, 5) is 38.3. The number of anilines is 1. The minimum Gasteiger partial charge on any atom is -0.497 e. The molecule has 1 heterocycles. The fourth-order valence-electron chi connectivity index (χ4n) is 2.88.